The zero-order valence-electron chi connectivity index (χ0n) is 16.2. The molecular formula is C24H22NO4+. The summed E-state index contributed by atoms with van der Waals surface area (Å²) < 4.78 is 17.4. The molecule has 2 heterocycles. The number of quaternary nitrogens is 1. The Labute approximate surface area is 168 Å². The third kappa shape index (κ3) is 3.45. The van der Waals surface area contributed by atoms with Gasteiger partial charge in [0.05, 0.1) is 7.05 Å². The van der Waals surface area contributed by atoms with E-state index in [-0.39, 0.29) is 11.7 Å². The van der Waals surface area contributed by atoms with Crippen LogP contribution in [-0.4, -0.2) is 26.3 Å². The number of fused-ring (bicyclic) bond motifs is 4. The van der Waals surface area contributed by atoms with Crippen LogP contribution in [0.1, 0.15) is 5.56 Å². The molecule has 1 aliphatic rings. The molecule has 0 saturated heterocycles. The Bertz CT molecular complexity index is 1250. The predicted octanol–water partition coefficient (Wildman–Crippen LogP) is 2.80. The topological polar surface area (TPSA) is 53.1 Å². The number of hydrogen-bond acceptors (Lipinski definition) is 4. The first-order valence-electron chi connectivity index (χ1n) is 9.81. The highest BCUT2D eigenvalue weighted by molar-refractivity contribution is 6.06. The maximum absolute atomic E-state index is 12.1. The lowest BCUT2D eigenvalue weighted by molar-refractivity contribution is -0.896. The molecule has 0 aliphatic carbocycles. The summed E-state index contributed by atoms with van der Waals surface area (Å²) in [5.41, 5.74) is 1.30. The van der Waals surface area contributed by atoms with Crippen molar-refractivity contribution in [3.05, 3.63) is 82.7 Å². The Kier molecular flexibility index (Phi) is 4.45. The second-order valence-electron chi connectivity index (χ2n) is 7.59. The molecule has 29 heavy (non-hydrogen) atoms. The van der Waals surface area contributed by atoms with Crippen molar-refractivity contribution < 1.29 is 18.8 Å². The van der Waals surface area contributed by atoms with E-state index in [1.807, 2.05) is 48.5 Å². The first-order chi connectivity index (χ1) is 14.2. The average Bonchev–Trinajstić information content (AvgIpc) is 2.73. The van der Waals surface area contributed by atoms with Crippen molar-refractivity contribution in [3.8, 4) is 11.5 Å². The van der Waals surface area contributed by atoms with Gasteiger partial charge >= 0.3 is 5.63 Å². The van der Waals surface area contributed by atoms with Crippen LogP contribution < -0.4 is 20.0 Å². The lowest BCUT2D eigenvalue weighted by Crippen LogP contribution is -3.09. The monoisotopic (exact) mass is 388 g/mol. The third-order valence-electron chi connectivity index (χ3n) is 5.35. The van der Waals surface area contributed by atoms with Crippen molar-refractivity contribution in [1.82, 2.24) is 0 Å². The first-order valence-corrected chi connectivity index (χ1v) is 9.81. The molecule has 5 heteroatoms. The fraction of sp³-hybridized carbons (Fsp3) is 0.208. The molecule has 0 saturated carbocycles. The molecule has 1 unspecified atom stereocenters. The van der Waals surface area contributed by atoms with Gasteiger partial charge in [-0.25, -0.2) is 4.79 Å². The maximum Gasteiger partial charge on any atom is 0.336 e. The average molecular weight is 388 g/mol. The van der Waals surface area contributed by atoms with Gasteiger partial charge in [-0.3, -0.25) is 0 Å². The van der Waals surface area contributed by atoms with Crippen LogP contribution in [0, 0.1) is 0 Å². The van der Waals surface area contributed by atoms with Crippen molar-refractivity contribution in [2.45, 2.75) is 12.6 Å². The van der Waals surface area contributed by atoms with E-state index in [2.05, 4.69) is 19.2 Å². The fourth-order valence-electron chi connectivity index (χ4n) is 4.11. The molecule has 0 fully saturated rings. The molecule has 0 spiro atoms. The summed E-state index contributed by atoms with van der Waals surface area (Å²) in [5, 5.41) is 3.24. The van der Waals surface area contributed by atoms with Crippen LogP contribution in [0.2, 0.25) is 0 Å². The molecule has 1 aliphatic heterocycles. The molecule has 146 valence electrons. The maximum atomic E-state index is 12.1. The number of para-hydroxylation sites is 2. The fourth-order valence-corrected chi connectivity index (χ4v) is 4.11. The highest BCUT2D eigenvalue weighted by Gasteiger charge is 2.24. The van der Waals surface area contributed by atoms with Crippen LogP contribution in [0.5, 0.6) is 11.5 Å². The number of rotatable bonds is 4. The Balaban J connectivity index is 1.43. The first kappa shape index (κ1) is 17.8. The normalized spacial score (nSPS) is 16.8. The molecular weight excluding hydrogens is 366 g/mol. The minimum absolute atomic E-state index is 0.0342. The minimum atomic E-state index is -0.318. The van der Waals surface area contributed by atoms with Crippen molar-refractivity contribution in [3.63, 3.8) is 0 Å². The van der Waals surface area contributed by atoms with E-state index in [0.29, 0.717) is 18.7 Å². The van der Waals surface area contributed by atoms with Crippen LogP contribution in [0.25, 0.3) is 21.7 Å². The van der Waals surface area contributed by atoms with Crippen LogP contribution in [0.15, 0.2) is 75.9 Å². The molecule has 4 aromatic rings. The summed E-state index contributed by atoms with van der Waals surface area (Å²) in [6.45, 7) is 1.98. The van der Waals surface area contributed by atoms with Crippen LogP contribution in [0.4, 0.5) is 0 Å². The Morgan fingerprint density at radius 3 is 2.69 bits per heavy atom. The number of hydrogen-bond donors (Lipinski definition) is 1. The molecule has 0 bridgehead atoms. The van der Waals surface area contributed by atoms with Gasteiger partial charge in [0.25, 0.3) is 0 Å². The van der Waals surface area contributed by atoms with E-state index in [9.17, 15) is 4.79 Å². The summed E-state index contributed by atoms with van der Waals surface area (Å²) in [6, 6.07) is 21.4. The van der Waals surface area contributed by atoms with Gasteiger partial charge < -0.3 is 18.8 Å². The largest absolute Gasteiger partial charge is 0.486 e. The molecule has 1 N–H and O–H groups in total. The second kappa shape index (κ2) is 7.26. The van der Waals surface area contributed by atoms with Gasteiger partial charge in [-0.05, 0) is 29.0 Å². The minimum Gasteiger partial charge on any atom is -0.486 e. The van der Waals surface area contributed by atoms with Gasteiger partial charge in [-0.15, -0.1) is 0 Å². The summed E-state index contributed by atoms with van der Waals surface area (Å²) in [7, 11) is 2.11. The Morgan fingerprint density at radius 1 is 1.00 bits per heavy atom. The predicted molar refractivity (Wildman–Crippen MR) is 112 cm³/mol. The SMILES string of the molecule is C[NH+](Cc1cc(=O)oc2ccc3ccccc3c12)C[C@@H]1COc2ccccc2O1. The number of ether oxygens (including phenoxy) is 2. The Morgan fingerprint density at radius 2 is 1.79 bits per heavy atom. The van der Waals surface area contributed by atoms with E-state index in [0.717, 1.165) is 39.8 Å². The second-order valence-corrected chi connectivity index (χ2v) is 7.59. The molecule has 2 atom stereocenters. The molecule has 5 rings (SSSR count). The zero-order chi connectivity index (χ0) is 19.8. The zero-order valence-corrected chi connectivity index (χ0v) is 16.2. The standard InChI is InChI=1S/C24H21NO4/c1-25(14-18-15-27-20-8-4-5-9-21(20)28-18)13-17-12-23(26)29-22-11-10-16-6-2-3-7-19(16)24(17)22/h2-12,18H,13-15H2,1H3/p+1/t18-/m1/s1. The molecule has 0 radical (unpaired) electrons. The smallest absolute Gasteiger partial charge is 0.336 e. The lowest BCUT2D eigenvalue weighted by Gasteiger charge is -2.28. The van der Waals surface area contributed by atoms with Crippen LogP contribution in [0.3, 0.4) is 0 Å². The van der Waals surface area contributed by atoms with Crippen LogP contribution in [-0.2, 0) is 6.54 Å². The van der Waals surface area contributed by atoms with Gasteiger partial charge in [0.1, 0.15) is 25.3 Å². The van der Waals surface area contributed by atoms with Gasteiger partial charge in [0.15, 0.2) is 17.6 Å². The van der Waals surface area contributed by atoms with E-state index in [4.69, 9.17) is 13.9 Å². The quantitative estimate of drug-likeness (QED) is 0.432. The summed E-state index contributed by atoms with van der Waals surface area (Å²) in [4.78, 5) is 13.4. The summed E-state index contributed by atoms with van der Waals surface area (Å²) >= 11 is 0. The summed E-state index contributed by atoms with van der Waals surface area (Å²) in [5.74, 6) is 1.58. The number of benzene rings is 3. The number of nitrogens with one attached hydrogen (secondary N) is 1. The summed E-state index contributed by atoms with van der Waals surface area (Å²) in [6.07, 6.45) is -0.0342. The van der Waals surface area contributed by atoms with Crippen molar-refractivity contribution >= 4 is 21.7 Å². The lowest BCUT2D eigenvalue weighted by atomic mass is 10.0. The molecule has 3 aromatic carbocycles. The van der Waals surface area contributed by atoms with Crippen molar-refractivity contribution in [2.75, 3.05) is 20.2 Å². The van der Waals surface area contributed by atoms with Gasteiger partial charge in [-0.2, -0.15) is 0 Å². The Hall–Kier alpha value is -3.31. The van der Waals surface area contributed by atoms with E-state index < -0.39 is 0 Å². The van der Waals surface area contributed by atoms with E-state index in [1.54, 1.807) is 6.07 Å². The molecule has 1 aromatic heterocycles. The highest BCUT2D eigenvalue weighted by atomic mass is 16.6. The van der Waals surface area contributed by atoms with E-state index >= 15 is 0 Å². The molecule has 0 amide bonds. The van der Waals surface area contributed by atoms with Crippen molar-refractivity contribution in [1.29, 1.82) is 0 Å². The van der Waals surface area contributed by atoms with Crippen molar-refractivity contribution in [2.24, 2.45) is 0 Å². The third-order valence-corrected chi connectivity index (χ3v) is 5.35. The molecule has 5 nitrogen and oxygen atoms in total. The van der Waals surface area contributed by atoms with Crippen LogP contribution >= 0.6 is 0 Å². The number of likely N-dealkylation sites (N-methyl/N-ethyl adjacent to an activating group) is 1. The van der Waals surface area contributed by atoms with Gasteiger partial charge in [0.2, 0.25) is 0 Å². The van der Waals surface area contributed by atoms with E-state index in [1.165, 1.54) is 4.90 Å². The van der Waals surface area contributed by atoms with Gasteiger partial charge in [-0.1, -0.05) is 42.5 Å². The van der Waals surface area contributed by atoms with Gasteiger partial charge in [0, 0.05) is 17.0 Å². The highest BCUT2D eigenvalue weighted by Crippen LogP contribution is 2.30.